The summed E-state index contributed by atoms with van der Waals surface area (Å²) in [4.78, 5) is 0. The van der Waals surface area contributed by atoms with Crippen molar-refractivity contribution in [3.8, 4) is 0 Å². The molecule has 0 fully saturated rings. The van der Waals surface area contributed by atoms with Crippen LogP contribution in [0, 0.1) is 13.3 Å². The summed E-state index contributed by atoms with van der Waals surface area (Å²) in [7, 11) is 0. The van der Waals surface area contributed by atoms with E-state index in [1.165, 1.54) is 0 Å². The highest BCUT2D eigenvalue weighted by molar-refractivity contribution is 5.16. The van der Waals surface area contributed by atoms with Crippen LogP contribution in [-0.2, 0) is 0 Å². The second kappa shape index (κ2) is 6.34. The maximum Gasteiger partial charge on any atom is -0.0238 e. The van der Waals surface area contributed by atoms with E-state index >= 15 is 0 Å². The van der Waals surface area contributed by atoms with Crippen LogP contribution in [-0.4, -0.2) is 0 Å². The maximum absolute atomic E-state index is 3.72. The van der Waals surface area contributed by atoms with Gasteiger partial charge in [-0.2, -0.15) is 0 Å². The van der Waals surface area contributed by atoms with E-state index in [2.05, 4.69) is 6.92 Å². The molecule has 0 heterocycles. The van der Waals surface area contributed by atoms with Gasteiger partial charge in [0.1, 0.15) is 0 Å². The Balaban J connectivity index is 0.000000236. The molecule has 0 unspecified atom stereocenters. The predicted molar refractivity (Wildman–Crippen MR) is 46.5 cm³/mol. The monoisotopic (exact) mass is 134 g/mol. The highest BCUT2D eigenvalue weighted by atomic mass is 13.8. The van der Waals surface area contributed by atoms with E-state index in [4.69, 9.17) is 0 Å². The molecule has 54 valence electrons. The van der Waals surface area contributed by atoms with Crippen molar-refractivity contribution < 1.29 is 0 Å². The van der Waals surface area contributed by atoms with Gasteiger partial charge in [0, 0.05) is 0 Å². The van der Waals surface area contributed by atoms with Gasteiger partial charge in [0.2, 0.25) is 0 Å². The fourth-order valence-electron chi connectivity index (χ4n) is 0.478. The van der Waals surface area contributed by atoms with Crippen molar-refractivity contribution in [2.75, 3.05) is 0 Å². The van der Waals surface area contributed by atoms with E-state index in [1.54, 1.807) is 0 Å². The van der Waals surface area contributed by atoms with Crippen molar-refractivity contribution in [2.24, 2.45) is 0 Å². The molecule has 2 radical (unpaired) electrons. The van der Waals surface area contributed by atoms with Crippen LogP contribution < -0.4 is 0 Å². The molecule has 0 nitrogen and oxygen atoms in total. The summed E-state index contributed by atoms with van der Waals surface area (Å²) in [5.41, 5.74) is 1.07. The molecular formula is C10H14. The average Bonchev–Trinajstić information content (AvgIpc) is 1.91. The van der Waals surface area contributed by atoms with Crippen molar-refractivity contribution in [1.82, 2.24) is 0 Å². The molecule has 0 bridgehead atoms. The van der Waals surface area contributed by atoms with Crippen molar-refractivity contribution in [3.05, 3.63) is 49.2 Å². The van der Waals surface area contributed by atoms with E-state index in [-0.39, 0.29) is 0 Å². The lowest BCUT2D eigenvalue weighted by atomic mass is 10.2. The molecule has 0 saturated carbocycles. The van der Waals surface area contributed by atoms with Crippen molar-refractivity contribution in [3.63, 3.8) is 0 Å². The lowest BCUT2D eigenvalue weighted by molar-refractivity contribution is 1.41. The topological polar surface area (TPSA) is 0 Å². The predicted octanol–water partition coefficient (Wildman–Crippen LogP) is 3.10. The Morgan fingerprint density at radius 1 is 1.10 bits per heavy atom. The van der Waals surface area contributed by atoms with Gasteiger partial charge in [0.15, 0.2) is 0 Å². The van der Waals surface area contributed by atoms with Gasteiger partial charge in [-0.1, -0.05) is 44.2 Å². The summed E-state index contributed by atoms with van der Waals surface area (Å²) in [6.07, 6.45) is 2.00. The molecule has 0 heteroatoms. The third-order valence-electron chi connectivity index (χ3n) is 0.843. The Labute approximate surface area is 63.9 Å². The Morgan fingerprint density at radius 2 is 1.50 bits per heavy atom. The molecule has 1 aromatic carbocycles. The summed E-state index contributed by atoms with van der Waals surface area (Å²) < 4.78 is 0. The number of rotatable bonds is 0. The van der Waals surface area contributed by atoms with Crippen LogP contribution in [0.2, 0.25) is 0 Å². The van der Waals surface area contributed by atoms with E-state index in [0.717, 1.165) is 5.56 Å². The highest BCUT2D eigenvalue weighted by Gasteiger charge is 1.72. The van der Waals surface area contributed by atoms with E-state index < -0.39 is 0 Å². The first-order chi connectivity index (χ1) is 4.81. The van der Waals surface area contributed by atoms with Crippen LogP contribution in [0.3, 0.4) is 0 Å². The standard InChI is InChI=1S/C7H7.C3H7/c1-7-5-3-2-4-6-7;1-3-2/h2-6H,1H2;3H,1-2H3. The largest absolute Gasteiger partial charge is 0.0625 e. The lowest BCUT2D eigenvalue weighted by Crippen LogP contribution is -1.62. The van der Waals surface area contributed by atoms with Crippen LogP contribution >= 0.6 is 0 Å². The van der Waals surface area contributed by atoms with Gasteiger partial charge in [-0.3, -0.25) is 0 Å². The minimum atomic E-state index is 1.07. The molecule has 0 aliphatic heterocycles. The molecule has 0 N–H and O–H groups in total. The van der Waals surface area contributed by atoms with E-state index in [9.17, 15) is 0 Å². The minimum absolute atomic E-state index is 1.07. The molecular weight excluding hydrogens is 120 g/mol. The fourth-order valence-corrected chi connectivity index (χ4v) is 0.478. The molecule has 0 spiro atoms. The third kappa shape index (κ3) is 5.36. The highest BCUT2D eigenvalue weighted by Crippen LogP contribution is 1.92. The quantitative estimate of drug-likeness (QED) is 0.511. The van der Waals surface area contributed by atoms with Crippen LogP contribution in [0.5, 0.6) is 0 Å². The van der Waals surface area contributed by atoms with Crippen molar-refractivity contribution in [2.45, 2.75) is 13.8 Å². The normalized spacial score (nSPS) is 7.90. The molecule has 0 atom stereocenters. The average molecular weight is 134 g/mol. The van der Waals surface area contributed by atoms with Crippen molar-refractivity contribution >= 4 is 0 Å². The molecule has 0 aromatic heterocycles. The van der Waals surface area contributed by atoms with Crippen LogP contribution in [0.25, 0.3) is 0 Å². The number of benzene rings is 1. The van der Waals surface area contributed by atoms with Crippen molar-refractivity contribution in [1.29, 1.82) is 0 Å². The Kier molecular flexibility index (Phi) is 5.85. The van der Waals surface area contributed by atoms with E-state index in [1.807, 2.05) is 50.6 Å². The van der Waals surface area contributed by atoms with Gasteiger partial charge >= 0.3 is 0 Å². The van der Waals surface area contributed by atoms with E-state index in [0.29, 0.717) is 0 Å². The summed E-state index contributed by atoms with van der Waals surface area (Å²) in [5, 5.41) is 0. The SMILES string of the molecule is C[CH]C.[CH2]c1ccccc1. The van der Waals surface area contributed by atoms with Gasteiger partial charge in [0.05, 0.1) is 0 Å². The summed E-state index contributed by atoms with van der Waals surface area (Å²) >= 11 is 0. The molecule has 0 saturated heterocycles. The fraction of sp³-hybridized carbons (Fsp3) is 0.200. The molecule has 0 amide bonds. The van der Waals surface area contributed by atoms with Gasteiger partial charge in [0.25, 0.3) is 0 Å². The summed E-state index contributed by atoms with van der Waals surface area (Å²) in [5.74, 6) is 0. The lowest BCUT2D eigenvalue weighted by Gasteiger charge is -1.82. The zero-order valence-electron chi connectivity index (χ0n) is 6.67. The summed E-state index contributed by atoms with van der Waals surface area (Å²) in [6, 6.07) is 9.87. The molecule has 0 aliphatic carbocycles. The second-order valence-electron chi connectivity index (χ2n) is 2.06. The zero-order valence-corrected chi connectivity index (χ0v) is 6.67. The first-order valence-corrected chi connectivity index (χ1v) is 3.42. The molecule has 10 heavy (non-hydrogen) atoms. The molecule has 0 aliphatic rings. The number of hydrogen-bond donors (Lipinski definition) is 0. The maximum atomic E-state index is 3.72. The van der Waals surface area contributed by atoms with Crippen LogP contribution in [0.15, 0.2) is 30.3 Å². The Hall–Kier alpha value is -0.780. The summed E-state index contributed by atoms with van der Waals surface area (Å²) in [6.45, 7) is 7.72. The molecule has 1 rings (SSSR count). The zero-order chi connectivity index (χ0) is 7.82. The third-order valence-corrected chi connectivity index (χ3v) is 0.843. The first-order valence-electron chi connectivity index (χ1n) is 3.42. The second-order valence-corrected chi connectivity index (χ2v) is 2.06. The first kappa shape index (κ1) is 9.22. The number of hydrogen-bond acceptors (Lipinski definition) is 0. The van der Waals surface area contributed by atoms with Crippen LogP contribution in [0.4, 0.5) is 0 Å². The minimum Gasteiger partial charge on any atom is -0.0625 e. The van der Waals surface area contributed by atoms with Gasteiger partial charge in [-0.05, 0) is 18.9 Å². The van der Waals surface area contributed by atoms with Gasteiger partial charge in [-0.25, -0.2) is 0 Å². The Bertz CT molecular complexity index is 141. The molecule has 1 aromatic rings. The van der Waals surface area contributed by atoms with Gasteiger partial charge < -0.3 is 0 Å². The van der Waals surface area contributed by atoms with Crippen LogP contribution in [0.1, 0.15) is 19.4 Å². The smallest absolute Gasteiger partial charge is 0.0238 e. The Morgan fingerprint density at radius 3 is 1.70 bits per heavy atom. The van der Waals surface area contributed by atoms with Gasteiger partial charge in [-0.15, -0.1) is 0 Å².